The summed E-state index contributed by atoms with van der Waals surface area (Å²) in [4.78, 5) is 23.4. The summed E-state index contributed by atoms with van der Waals surface area (Å²) >= 11 is 1.27. The van der Waals surface area contributed by atoms with Crippen LogP contribution < -0.4 is 0 Å². The van der Waals surface area contributed by atoms with E-state index in [4.69, 9.17) is 4.52 Å². The van der Waals surface area contributed by atoms with Gasteiger partial charge in [-0.2, -0.15) is 13.2 Å². The normalized spacial score (nSPS) is 18.0. The molecular weight excluding hydrogens is 393 g/mol. The molecule has 28 heavy (non-hydrogen) atoms. The second-order valence-electron chi connectivity index (χ2n) is 6.90. The van der Waals surface area contributed by atoms with Gasteiger partial charge >= 0.3 is 6.18 Å². The van der Waals surface area contributed by atoms with Gasteiger partial charge < -0.3 is 9.42 Å². The Labute approximate surface area is 162 Å². The average molecular weight is 410 g/mol. The Balaban J connectivity index is 1.68. The second kappa shape index (κ2) is 6.84. The van der Waals surface area contributed by atoms with E-state index in [1.165, 1.54) is 18.3 Å². The van der Waals surface area contributed by atoms with E-state index in [9.17, 15) is 18.0 Å². The first-order chi connectivity index (χ1) is 13.3. The zero-order chi connectivity index (χ0) is 20.1. The number of halogens is 3. The van der Waals surface area contributed by atoms with Crippen molar-refractivity contribution in [3.8, 4) is 0 Å². The molecule has 0 aliphatic carbocycles. The van der Waals surface area contributed by atoms with Crippen LogP contribution in [-0.4, -0.2) is 39.0 Å². The van der Waals surface area contributed by atoms with E-state index in [1.807, 2.05) is 0 Å². The molecule has 6 nitrogen and oxygen atoms in total. The standard InChI is InChI=1S/C18H17F3N4O2S/c1-9-14-12(18(19,20)21)6-13(23-16(14)27-24-9)11-4-3-5-25(7-11)17(26)15-10(2)22-8-28-15/h6,8,11H,3-5,7H2,1-2H3/t11-/m1/s1. The minimum absolute atomic E-state index is 0.111. The number of aryl methyl sites for hydroxylation is 2. The van der Waals surface area contributed by atoms with Crippen molar-refractivity contribution >= 4 is 28.3 Å². The Morgan fingerprint density at radius 3 is 2.79 bits per heavy atom. The fourth-order valence-corrected chi connectivity index (χ4v) is 4.37. The zero-order valence-electron chi connectivity index (χ0n) is 15.2. The summed E-state index contributed by atoms with van der Waals surface area (Å²) in [6, 6.07) is 1.07. The van der Waals surface area contributed by atoms with E-state index >= 15 is 0 Å². The van der Waals surface area contributed by atoms with Gasteiger partial charge in [-0.25, -0.2) is 9.97 Å². The van der Waals surface area contributed by atoms with Crippen LogP contribution in [-0.2, 0) is 6.18 Å². The number of hydrogen-bond acceptors (Lipinski definition) is 6. The molecule has 0 aromatic carbocycles. The van der Waals surface area contributed by atoms with Crippen LogP contribution in [0.4, 0.5) is 13.2 Å². The number of piperidine rings is 1. The van der Waals surface area contributed by atoms with E-state index in [-0.39, 0.29) is 34.3 Å². The van der Waals surface area contributed by atoms with E-state index in [1.54, 1.807) is 17.3 Å². The van der Waals surface area contributed by atoms with Crippen LogP contribution in [0.3, 0.4) is 0 Å². The van der Waals surface area contributed by atoms with Crippen LogP contribution >= 0.6 is 11.3 Å². The highest BCUT2D eigenvalue weighted by Crippen LogP contribution is 2.38. The molecule has 3 aromatic rings. The van der Waals surface area contributed by atoms with Crippen molar-refractivity contribution in [2.45, 2.75) is 38.8 Å². The lowest BCUT2D eigenvalue weighted by Gasteiger charge is -2.32. The monoisotopic (exact) mass is 410 g/mol. The van der Waals surface area contributed by atoms with Crippen molar-refractivity contribution in [1.82, 2.24) is 20.0 Å². The summed E-state index contributed by atoms with van der Waals surface area (Å²) in [5, 5.41) is 3.52. The lowest BCUT2D eigenvalue weighted by molar-refractivity contribution is -0.136. The van der Waals surface area contributed by atoms with Crippen LogP contribution in [0.2, 0.25) is 0 Å². The maximum atomic E-state index is 13.6. The van der Waals surface area contributed by atoms with E-state index in [0.717, 1.165) is 6.07 Å². The summed E-state index contributed by atoms with van der Waals surface area (Å²) in [7, 11) is 0. The Hall–Kier alpha value is -2.49. The SMILES string of the molecule is Cc1ncsc1C(=O)N1CCC[C@@H](c2cc(C(F)(F)F)c3c(C)noc3n2)C1. The Kier molecular flexibility index (Phi) is 4.60. The Morgan fingerprint density at radius 1 is 1.32 bits per heavy atom. The first-order valence-corrected chi connectivity index (χ1v) is 9.67. The number of alkyl halides is 3. The van der Waals surface area contributed by atoms with Crippen molar-refractivity contribution < 1.29 is 22.5 Å². The number of amides is 1. The summed E-state index contributed by atoms with van der Waals surface area (Å²) < 4.78 is 45.8. The number of rotatable bonds is 2. The smallest absolute Gasteiger partial charge is 0.337 e. The van der Waals surface area contributed by atoms with Crippen LogP contribution in [0.1, 0.15) is 51.1 Å². The molecule has 4 rings (SSSR count). The minimum Gasteiger partial charge on any atom is -0.337 e. The molecule has 0 radical (unpaired) electrons. The Morgan fingerprint density at radius 2 is 2.11 bits per heavy atom. The molecule has 0 bridgehead atoms. The first kappa shape index (κ1) is 18.9. The van der Waals surface area contributed by atoms with Gasteiger partial charge in [0.1, 0.15) is 4.88 Å². The second-order valence-corrected chi connectivity index (χ2v) is 7.75. The Bertz CT molecular complexity index is 1040. The number of thiazole rings is 1. The topological polar surface area (TPSA) is 72.1 Å². The molecule has 1 fully saturated rings. The minimum atomic E-state index is -4.55. The van der Waals surface area contributed by atoms with Crippen molar-refractivity contribution in [1.29, 1.82) is 0 Å². The molecule has 0 spiro atoms. The third-order valence-electron chi connectivity index (χ3n) is 5.01. The maximum absolute atomic E-state index is 13.6. The quantitative estimate of drug-likeness (QED) is 0.629. The molecular formula is C18H17F3N4O2S. The molecule has 10 heteroatoms. The van der Waals surface area contributed by atoms with Gasteiger partial charge in [-0.15, -0.1) is 11.3 Å². The number of aromatic nitrogens is 3. The first-order valence-electron chi connectivity index (χ1n) is 8.79. The molecule has 0 N–H and O–H groups in total. The average Bonchev–Trinajstić information content (AvgIpc) is 3.25. The fourth-order valence-electron chi connectivity index (χ4n) is 3.60. The predicted molar refractivity (Wildman–Crippen MR) is 96.3 cm³/mol. The van der Waals surface area contributed by atoms with E-state index in [2.05, 4.69) is 15.1 Å². The highest BCUT2D eigenvalue weighted by molar-refractivity contribution is 7.11. The molecule has 1 aliphatic heterocycles. The fraction of sp³-hybridized carbons (Fsp3) is 0.444. The summed E-state index contributed by atoms with van der Waals surface area (Å²) in [6.07, 6.45) is -3.21. The lowest BCUT2D eigenvalue weighted by atomic mass is 9.92. The molecule has 148 valence electrons. The largest absolute Gasteiger partial charge is 0.417 e. The van der Waals surface area contributed by atoms with E-state index < -0.39 is 11.7 Å². The lowest BCUT2D eigenvalue weighted by Crippen LogP contribution is -2.39. The van der Waals surface area contributed by atoms with E-state index in [0.29, 0.717) is 36.5 Å². The highest BCUT2D eigenvalue weighted by atomic mass is 32.1. The van der Waals surface area contributed by atoms with Gasteiger partial charge in [0.25, 0.3) is 11.6 Å². The van der Waals surface area contributed by atoms with Gasteiger partial charge in [-0.05, 0) is 32.8 Å². The van der Waals surface area contributed by atoms with Crippen molar-refractivity contribution in [3.63, 3.8) is 0 Å². The molecule has 1 atom stereocenters. The maximum Gasteiger partial charge on any atom is 0.417 e. The third kappa shape index (κ3) is 3.25. The molecule has 1 aliphatic rings. The molecule has 1 saturated heterocycles. The van der Waals surface area contributed by atoms with Crippen LogP contribution in [0.25, 0.3) is 11.1 Å². The van der Waals surface area contributed by atoms with Gasteiger partial charge in [0.05, 0.1) is 33.5 Å². The predicted octanol–water partition coefficient (Wildman–Crippen LogP) is 4.33. The number of hydrogen-bond donors (Lipinski definition) is 0. The molecule has 0 saturated carbocycles. The number of carbonyl (C=O) groups is 1. The van der Waals surface area contributed by atoms with Crippen molar-refractivity contribution in [2.75, 3.05) is 13.1 Å². The molecule has 3 aromatic heterocycles. The third-order valence-corrected chi connectivity index (χ3v) is 5.93. The van der Waals surface area contributed by atoms with Gasteiger partial charge in [-0.3, -0.25) is 4.79 Å². The number of nitrogens with zero attached hydrogens (tertiary/aromatic N) is 4. The number of likely N-dealkylation sites (tertiary alicyclic amines) is 1. The van der Waals surface area contributed by atoms with Crippen LogP contribution in [0.15, 0.2) is 16.1 Å². The molecule has 0 unspecified atom stereocenters. The van der Waals surface area contributed by atoms with Gasteiger partial charge in [0, 0.05) is 19.0 Å². The molecule has 4 heterocycles. The summed E-state index contributed by atoms with van der Waals surface area (Å²) in [6.45, 7) is 4.09. The van der Waals surface area contributed by atoms with Gasteiger partial charge in [0.2, 0.25) is 0 Å². The number of fused-ring (bicyclic) bond motifs is 1. The van der Waals surface area contributed by atoms with Crippen molar-refractivity contribution in [2.24, 2.45) is 0 Å². The van der Waals surface area contributed by atoms with Crippen LogP contribution in [0, 0.1) is 13.8 Å². The van der Waals surface area contributed by atoms with Crippen LogP contribution in [0.5, 0.6) is 0 Å². The number of carbonyl (C=O) groups excluding carboxylic acids is 1. The highest BCUT2D eigenvalue weighted by Gasteiger charge is 2.37. The summed E-state index contributed by atoms with van der Waals surface area (Å²) in [5.74, 6) is -0.445. The van der Waals surface area contributed by atoms with Gasteiger partial charge in [0.15, 0.2) is 0 Å². The number of pyridine rings is 1. The summed E-state index contributed by atoms with van der Waals surface area (Å²) in [5.41, 5.74) is 1.78. The zero-order valence-corrected chi connectivity index (χ0v) is 16.0. The van der Waals surface area contributed by atoms with Crippen molar-refractivity contribution in [3.05, 3.63) is 39.1 Å². The van der Waals surface area contributed by atoms with Gasteiger partial charge in [-0.1, -0.05) is 5.16 Å². The molecule has 1 amide bonds.